The lowest BCUT2D eigenvalue weighted by Crippen LogP contribution is -2.24. The highest BCUT2D eigenvalue weighted by atomic mass is 15.1. The Hall–Kier alpha value is -2.82. The van der Waals surface area contributed by atoms with Crippen LogP contribution in [0.15, 0.2) is 49.4 Å². The average Bonchev–Trinajstić information content (AvgIpc) is 3.10. The fraction of sp³-hybridized carbons (Fsp3) is 0.300. The molecule has 4 rings (SSSR count). The van der Waals surface area contributed by atoms with Gasteiger partial charge in [-0.1, -0.05) is 18.2 Å². The molecule has 0 unspecified atom stereocenters. The highest BCUT2D eigenvalue weighted by Crippen LogP contribution is 2.31. The van der Waals surface area contributed by atoms with E-state index in [1.54, 1.807) is 12.3 Å². The van der Waals surface area contributed by atoms with E-state index in [1.807, 2.05) is 30.8 Å². The standard InChI is InChI=1S/C17H19N5.C3H6/c1-18-16-17-19-7-9-22(17)11-14(20-16)13-6-5-12-4-3-8-21(2)15(12)10-13;1-3-2/h5-7,9-11H,3-4,8H2,1-2H3,(H,18,20);3H,1H2,2H3. The lowest BCUT2D eigenvalue weighted by molar-refractivity contribution is 0.744. The van der Waals surface area contributed by atoms with Crippen molar-refractivity contribution in [1.29, 1.82) is 0 Å². The van der Waals surface area contributed by atoms with Crippen LogP contribution in [0, 0.1) is 0 Å². The van der Waals surface area contributed by atoms with Crippen molar-refractivity contribution in [3.63, 3.8) is 0 Å². The molecule has 1 aliphatic rings. The zero-order chi connectivity index (χ0) is 17.8. The minimum atomic E-state index is 0.800. The molecule has 0 amide bonds. The van der Waals surface area contributed by atoms with Crippen LogP contribution in [0.2, 0.25) is 0 Å². The van der Waals surface area contributed by atoms with Crippen molar-refractivity contribution >= 4 is 17.2 Å². The van der Waals surface area contributed by atoms with Crippen LogP contribution < -0.4 is 10.2 Å². The molecule has 0 aliphatic carbocycles. The van der Waals surface area contributed by atoms with Crippen molar-refractivity contribution in [3.05, 3.63) is 55.0 Å². The van der Waals surface area contributed by atoms with Gasteiger partial charge < -0.3 is 14.6 Å². The molecule has 1 aromatic carbocycles. The molecule has 2 aromatic heterocycles. The van der Waals surface area contributed by atoms with Crippen molar-refractivity contribution in [1.82, 2.24) is 14.4 Å². The topological polar surface area (TPSA) is 45.5 Å². The molecule has 1 N–H and O–H groups in total. The Bertz CT molecular complexity index is 881. The number of aryl methyl sites for hydroxylation is 1. The number of benzene rings is 1. The van der Waals surface area contributed by atoms with Crippen molar-refractivity contribution in [2.75, 3.05) is 30.9 Å². The second-order valence-corrected chi connectivity index (χ2v) is 6.16. The number of aromatic nitrogens is 3. The number of hydrogen-bond donors (Lipinski definition) is 1. The molecule has 0 atom stereocenters. The fourth-order valence-corrected chi connectivity index (χ4v) is 3.16. The first kappa shape index (κ1) is 17.0. The van der Waals surface area contributed by atoms with Gasteiger partial charge in [0.25, 0.3) is 0 Å². The van der Waals surface area contributed by atoms with Crippen molar-refractivity contribution in [3.8, 4) is 11.3 Å². The second kappa shape index (κ2) is 7.38. The summed E-state index contributed by atoms with van der Waals surface area (Å²) in [6.07, 6.45) is 9.92. The lowest BCUT2D eigenvalue weighted by atomic mass is 9.99. The van der Waals surface area contributed by atoms with Crippen molar-refractivity contribution in [2.24, 2.45) is 0 Å². The van der Waals surface area contributed by atoms with E-state index in [9.17, 15) is 0 Å². The van der Waals surface area contributed by atoms with Gasteiger partial charge in [-0.3, -0.25) is 0 Å². The zero-order valence-corrected chi connectivity index (χ0v) is 15.2. The van der Waals surface area contributed by atoms with E-state index >= 15 is 0 Å². The summed E-state index contributed by atoms with van der Waals surface area (Å²) in [7, 11) is 4.04. The maximum absolute atomic E-state index is 4.72. The van der Waals surface area contributed by atoms with E-state index in [1.165, 1.54) is 17.7 Å². The van der Waals surface area contributed by atoms with Gasteiger partial charge in [-0.25, -0.2) is 9.97 Å². The summed E-state index contributed by atoms with van der Waals surface area (Å²) in [5, 5.41) is 3.13. The predicted octanol–water partition coefficient (Wildman–Crippen LogP) is 4.01. The number of fused-ring (bicyclic) bond motifs is 2. The van der Waals surface area contributed by atoms with Crippen LogP contribution in [0.25, 0.3) is 16.9 Å². The highest BCUT2D eigenvalue weighted by Gasteiger charge is 2.15. The van der Waals surface area contributed by atoms with E-state index in [-0.39, 0.29) is 0 Å². The first-order valence-electron chi connectivity index (χ1n) is 8.61. The summed E-state index contributed by atoms with van der Waals surface area (Å²) in [5.41, 5.74) is 5.69. The Morgan fingerprint density at radius 1 is 1.32 bits per heavy atom. The maximum Gasteiger partial charge on any atom is 0.180 e. The molecule has 5 heteroatoms. The normalized spacial score (nSPS) is 13.0. The van der Waals surface area contributed by atoms with Crippen molar-refractivity contribution in [2.45, 2.75) is 19.8 Å². The Morgan fingerprint density at radius 2 is 2.12 bits per heavy atom. The number of hydrogen-bond acceptors (Lipinski definition) is 4. The molecule has 0 saturated carbocycles. The van der Waals surface area contributed by atoms with Gasteiger partial charge >= 0.3 is 0 Å². The molecule has 0 bridgehead atoms. The minimum absolute atomic E-state index is 0.800. The van der Waals surface area contributed by atoms with Crippen LogP contribution in [0.4, 0.5) is 11.5 Å². The largest absolute Gasteiger partial charge is 0.374 e. The second-order valence-electron chi connectivity index (χ2n) is 6.16. The van der Waals surface area contributed by atoms with E-state index in [0.29, 0.717) is 0 Å². The van der Waals surface area contributed by atoms with Gasteiger partial charge in [0.2, 0.25) is 0 Å². The van der Waals surface area contributed by atoms with E-state index in [0.717, 1.165) is 35.7 Å². The number of anilines is 2. The van der Waals surface area contributed by atoms with E-state index in [2.05, 4.69) is 47.0 Å². The van der Waals surface area contributed by atoms with Gasteiger partial charge in [-0.05, 0) is 31.4 Å². The molecule has 0 spiro atoms. The van der Waals surface area contributed by atoms with E-state index in [4.69, 9.17) is 4.98 Å². The molecule has 1 aliphatic heterocycles. The quantitative estimate of drug-likeness (QED) is 0.719. The third-order valence-corrected chi connectivity index (χ3v) is 4.34. The molecule has 25 heavy (non-hydrogen) atoms. The first-order valence-corrected chi connectivity index (χ1v) is 8.61. The number of allylic oxidation sites excluding steroid dienone is 1. The van der Waals surface area contributed by atoms with Gasteiger partial charge in [-0.15, -0.1) is 6.58 Å². The maximum atomic E-state index is 4.72. The summed E-state index contributed by atoms with van der Waals surface area (Å²) in [6.45, 7) is 6.37. The molecular weight excluding hydrogens is 310 g/mol. The smallest absolute Gasteiger partial charge is 0.180 e. The molecule has 3 heterocycles. The van der Waals surface area contributed by atoms with Crippen LogP contribution in [-0.2, 0) is 6.42 Å². The number of nitrogens with zero attached hydrogens (tertiary/aromatic N) is 4. The summed E-state index contributed by atoms with van der Waals surface area (Å²) in [4.78, 5) is 11.4. The van der Waals surface area contributed by atoms with Gasteiger partial charge in [0.15, 0.2) is 11.5 Å². The lowest BCUT2D eigenvalue weighted by Gasteiger charge is -2.28. The third kappa shape index (κ3) is 3.36. The van der Waals surface area contributed by atoms with Crippen molar-refractivity contribution < 1.29 is 0 Å². The van der Waals surface area contributed by atoms with Crippen LogP contribution >= 0.6 is 0 Å². The summed E-state index contributed by atoms with van der Waals surface area (Å²) >= 11 is 0. The molecule has 0 radical (unpaired) electrons. The van der Waals surface area contributed by atoms with Gasteiger partial charge in [0.1, 0.15) is 0 Å². The Balaban J connectivity index is 0.000000569. The zero-order valence-electron chi connectivity index (χ0n) is 15.2. The third-order valence-electron chi connectivity index (χ3n) is 4.34. The number of nitrogens with one attached hydrogen (secondary N) is 1. The first-order chi connectivity index (χ1) is 12.2. The van der Waals surface area contributed by atoms with Crippen LogP contribution in [-0.4, -0.2) is 35.0 Å². The van der Waals surface area contributed by atoms with Crippen LogP contribution in [0.3, 0.4) is 0 Å². The fourth-order valence-electron chi connectivity index (χ4n) is 3.16. The predicted molar refractivity (Wildman–Crippen MR) is 105 cm³/mol. The summed E-state index contributed by atoms with van der Waals surface area (Å²) < 4.78 is 2.01. The Labute approximate surface area is 149 Å². The molecule has 3 aromatic rings. The monoisotopic (exact) mass is 335 g/mol. The highest BCUT2D eigenvalue weighted by molar-refractivity contribution is 5.72. The molecule has 0 saturated heterocycles. The summed E-state index contributed by atoms with van der Waals surface area (Å²) in [5.74, 6) is 0.800. The van der Waals surface area contributed by atoms with Gasteiger partial charge in [0.05, 0.1) is 5.69 Å². The van der Waals surface area contributed by atoms with Gasteiger partial charge in [-0.2, -0.15) is 0 Å². The number of rotatable bonds is 2. The van der Waals surface area contributed by atoms with E-state index < -0.39 is 0 Å². The Morgan fingerprint density at radius 3 is 2.88 bits per heavy atom. The molecule has 130 valence electrons. The van der Waals surface area contributed by atoms with Gasteiger partial charge in [0, 0.05) is 50.5 Å². The Kier molecular flexibility index (Phi) is 5.03. The van der Waals surface area contributed by atoms with Crippen LogP contribution in [0.1, 0.15) is 18.9 Å². The SMILES string of the molecule is C=CC.CNc1nc(-c2ccc3c(c2)N(C)CCC3)cn2ccnc12. The molecule has 0 fully saturated rings. The number of imidazole rings is 1. The molecule has 5 nitrogen and oxygen atoms in total. The molecular formula is C20H25N5. The van der Waals surface area contributed by atoms with Crippen LogP contribution in [0.5, 0.6) is 0 Å². The minimum Gasteiger partial charge on any atom is -0.374 e. The summed E-state index contributed by atoms with van der Waals surface area (Å²) in [6, 6.07) is 6.65. The average molecular weight is 335 g/mol.